The van der Waals surface area contributed by atoms with Gasteiger partial charge >= 0.3 is 0 Å². The van der Waals surface area contributed by atoms with Gasteiger partial charge in [0.1, 0.15) is 11.4 Å². The lowest BCUT2D eigenvalue weighted by atomic mass is 10.1. The molecule has 0 spiro atoms. The summed E-state index contributed by atoms with van der Waals surface area (Å²) in [6.07, 6.45) is 4.26. The Morgan fingerprint density at radius 1 is 0.952 bits per heavy atom. The summed E-state index contributed by atoms with van der Waals surface area (Å²) in [6.45, 7) is 2.39. The Morgan fingerprint density at radius 2 is 1.64 bits per heavy atom. The Labute approximate surface area is 244 Å². The van der Waals surface area contributed by atoms with Crippen LogP contribution in [0.25, 0.3) is 16.9 Å². The number of rotatable bonds is 13. The number of para-hydroxylation sites is 1. The number of hydrogen-bond acceptors (Lipinski definition) is 8. The van der Waals surface area contributed by atoms with E-state index in [1.165, 1.54) is 39.7 Å². The average Bonchev–Trinajstić information content (AvgIpc) is 3.46. The minimum absolute atomic E-state index is 0.241. The number of aromatic nitrogens is 2. The van der Waals surface area contributed by atoms with Crippen molar-refractivity contribution in [2.45, 2.75) is 13.3 Å². The van der Waals surface area contributed by atoms with Crippen molar-refractivity contribution >= 4 is 18.0 Å². The molecule has 2 amide bonds. The molecule has 0 radical (unpaired) electrons. The van der Waals surface area contributed by atoms with Gasteiger partial charge in [0, 0.05) is 22.9 Å². The average molecular weight is 572 g/mol. The molecule has 0 aliphatic heterocycles. The maximum Gasteiger partial charge on any atom is 0.259 e. The van der Waals surface area contributed by atoms with Gasteiger partial charge in [-0.2, -0.15) is 10.2 Å². The second kappa shape index (κ2) is 14.4. The van der Waals surface area contributed by atoms with Crippen LogP contribution in [0.3, 0.4) is 0 Å². The van der Waals surface area contributed by atoms with Gasteiger partial charge in [-0.1, -0.05) is 25.1 Å². The largest absolute Gasteiger partial charge is 0.494 e. The van der Waals surface area contributed by atoms with E-state index >= 15 is 0 Å². The molecule has 0 saturated heterocycles. The van der Waals surface area contributed by atoms with Crippen molar-refractivity contribution in [1.82, 2.24) is 20.5 Å². The van der Waals surface area contributed by atoms with Gasteiger partial charge in [0.15, 0.2) is 11.5 Å². The van der Waals surface area contributed by atoms with E-state index in [9.17, 15) is 9.59 Å². The number of benzene rings is 3. The number of hydrazone groups is 1. The van der Waals surface area contributed by atoms with Crippen molar-refractivity contribution in [3.05, 3.63) is 84.1 Å². The van der Waals surface area contributed by atoms with Crippen molar-refractivity contribution in [3.63, 3.8) is 0 Å². The zero-order valence-electron chi connectivity index (χ0n) is 23.9. The fraction of sp³-hybridized carbons (Fsp3) is 0.226. The van der Waals surface area contributed by atoms with Gasteiger partial charge < -0.3 is 24.3 Å². The SMILES string of the molecule is CCCOc1ccc(-c2nn(-c3ccccc3)cc2/C=N/NC(=O)CNC(=O)c2cc(OC)c(OC)c(OC)c2)cc1. The second-order valence-corrected chi connectivity index (χ2v) is 8.98. The van der Waals surface area contributed by atoms with Crippen LogP contribution >= 0.6 is 0 Å². The van der Waals surface area contributed by atoms with Crippen LogP contribution in [0, 0.1) is 0 Å². The highest BCUT2D eigenvalue weighted by molar-refractivity contribution is 5.98. The predicted octanol–water partition coefficient (Wildman–Crippen LogP) is 4.23. The van der Waals surface area contributed by atoms with E-state index in [1.807, 2.05) is 60.8 Å². The summed E-state index contributed by atoms with van der Waals surface area (Å²) in [5.74, 6) is 0.781. The fourth-order valence-corrected chi connectivity index (χ4v) is 4.04. The highest BCUT2D eigenvalue weighted by Crippen LogP contribution is 2.38. The standard InChI is InChI=1S/C31H33N5O6/c1-5-15-42-25-13-11-21(12-14-25)29-23(20-36(35-29)24-9-7-6-8-10-24)18-33-34-28(37)19-32-31(38)22-16-26(39-2)30(41-4)27(17-22)40-3/h6-14,16-18,20H,5,15,19H2,1-4H3,(H,32,38)(H,34,37)/b33-18+. The van der Waals surface area contributed by atoms with Crippen LogP contribution in [0.1, 0.15) is 29.3 Å². The first-order valence-corrected chi connectivity index (χ1v) is 13.3. The second-order valence-electron chi connectivity index (χ2n) is 8.98. The molecule has 1 heterocycles. The van der Waals surface area contributed by atoms with Gasteiger partial charge in [-0.05, 0) is 55.0 Å². The van der Waals surface area contributed by atoms with E-state index in [0.29, 0.717) is 35.1 Å². The van der Waals surface area contributed by atoms with Crippen molar-refractivity contribution in [2.75, 3.05) is 34.5 Å². The monoisotopic (exact) mass is 571 g/mol. The van der Waals surface area contributed by atoms with Crippen LogP contribution in [0.4, 0.5) is 0 Å². The van der Waals surface area contributed by atoms with Crippen LogP contribution in [-0.2, 0) is 4.79 Å². The van der Waals surface area contributed by atoms with Gasteiger partial charge in [-0.3, -0.25) is 9.59 Å². The zero-order chi connectivity index (χ0) is 29.9. The van der Waals surface area contributed by atoms with Gasteiger partial charge in [-0.25, -0.2) is 10.1 Å². The number of ether oxygens (including phenoxy) is 4. The Kier molecular flexibility index (Phi) is 10.1. The summed E-state index contributed by atoms with van der Waals surface area (Å²) in [4.78, 5) is 25.2. The van der Waals surface area contributed by atoms with Gasteiger partial charge in [0.05, 0.1) is 46.4 Å². The maximum atomic E-state index is 12.7. The highest BCUT2D eigenvalue weighted by Gasteiger charge is 2.17. The topological polar surface area (TPSA) is 125 Å². The molecule has 0 saturated carbocycles. The minimum Gasteiger partial charge on any atom is -0.494 e. The first-order valence-electron chi connectivity index (χ1n) is 13.3. The number of carbonyl (C=O) groups is 2. The predicted molar refractivity (Wildman–Crippen MR) is 159 cm³/mol. The number of amides is 2. The highest BCUT2D eigenvalue weighted by atomic mass is 16.5. The third-order valence-electron chi connectivity index (χ3n) is 6.09. The summed E-state index contributed by atoms with van der Waals surface area (Å²) in [7, 11) is 4.38. The Bertz CT molecular complexity index is 1510. The van der Waals surface area contributed by atoms with Crippen LogP contribution in [-0.4, -0.2) is 62.3 Å². The van der Waals surface area contributed by atoms with Gasteiger partial charge in [0.2, 0.25) is 5.75 Å². The number of nitrogens with zero attached hydrogens (tertiary/aromatic N) is 3. The van der Waals surface area contributed by atoms with E-state index in [2.05, 4.69) is 22.8 Å². The molecule has 0 atom stereocenters. The summed E-state index contributed by atoms with van der Waals surface area (Å²) < 4.78 is 23.3. The van der Waals surface area contributed by atoms with Crippen molar-refractivity contribution in [2.24, 2.45) is 5.10 Å². The molecule has 11 heteroatoms. The first-order chi connectivity index (χ1) is 20.5. The molecule has 0 bridgehead atoms. The van der Waals surface area contributed by atoms with E-state index in [4.69, 9.17) is 24.0 Å². The van der Waals surface area contributed by atoms with Gasteiger partial charge in [0.25, 0.3) is 11.8 Å². The van der Waals surface area contributed by atoms with Crippen molar-refractivity contribution in [1.29, 1.82) is 0 Å². The summed E-state index contributed by atoms with van der Waals surface area (Å²) in [6, 6.07) is 20.3. The number of nitrogens with one attached hydrogen (secondary N) is 2. The van der Waals surface area contributed by atoms with Crippen molar-refractivity contribution < 1.29 is 28.5 Å². The van der Waals surface area contributed by atoms with Crippen LogP contribution in [0.5, 0.6) is 23.0 Å². The van der Waals surface area contributed by atoms with Crippen LogP contribution in [0.2, 0.25) is 0 Å². The molecule has 0 fully saturated rings. The van der Waals surface area contributed by atoms with Crippen LogP contribution in [0.15, 0.2) is 78.0 Å². The van der Waals surface area contributed by atoms with E-state index < -0.39 is 11.8 Å². The molecule has 11 nitrogen and oxygen atoms in total. The molecule has 2 N–H and O–H groups in total. The Morgan fingerprint density at radius 3 is 2.26 bits per heavy atom. The zero-order valence-corrected chi connectivity index (χ0v) is 23.9. The smallest absolute Gasteiger partial charge is 0.259 e. The summed E-state index contributed by atoms with van der Waals surface area (Å²) in [5.41, 5.74) is 5.79. The van der Waals surface area contributed by atoms with Crippen LogP contribution < -0.4 is 29.7 Å². The molecule has 4 aromatic rings. The third-order valence-corrected chi connectivity index (χ3v) is 6.09. The number of hydrogen-bond donors (Lipinski definition) is 2. The normalized spacial score (nSPS) is 10.8. The molecule has 0 aliphatic carbocycles. The lowest BCUT2D eigenvalue weighted by Gasteiger charge is -2.14. The molecule has 1 aromatic heterocycles. The minimum atomic E-state index is -0.513. The van der Waals surface area contributed by atoms with Crippen molar-refractivity contribution in [3.8, 4) is 39.9 Å². The fourth-order valence-electron chi connectivity index (χ4n) is 4.04. The summed E-state index contributed by atoms with van der Waals surface area (Å²) in [5, 5.41) is 11.4. The van der Waals surface area contributed by atoms with E-state index in [0.717, 1.165) is 23.4 Å². The lowest BCUT2D eigenvalue weighted by molar-refractivity contribution is -0.120. The quantitative estimate of drug-likeness (QED) is 0.182. The molecule has 4 rings (SSSR count). The molecule has 3 aromatic carbocycles. The molecule has 0 aliphatic rings. The lowest BCUT2D eigenvalue weighted by Crippen LogP contribution is -2.35. The first kappa shape index (κ1) is 29.7. The summed E-state index contributed by atoms with van der Waals surface area (Å²) >= 11 is 0. The molecule has 42 heavy (non-hydrogen) atoms. The molecular weight excluding hydrogens is 538 g/mol. The Hall–Kier alpha value is -5.32. The number of methoxy groups -OCH3 is 3. The van der Waals surface area contributed by atoms with E-state index in [-0.39, 0.29) is 12.1 Å². The molecule has 0 unspecified atom stereocenters. The maximum absolute atomic E-state index is 12.7. The number of carbonyl (C=O) groups excluding carboxylic acids is 2. The molecular formula is C31H33N5O6. The van der Waals surface area contributed by atoms with E-state index in [1.54, 1.807) is 4.68 Å². The van der Waals surface area contributed by atoms with Gasteiger partial charge in [-0.15, -0.1) is 0 Å². The third kappa shape index (κ3) is 7.25. The molecule has 218 valence electrons. The Balaban J connectivity index is 1.45.